The quantitative estimate of drug-likeness (QED) is 0.455. The Kier molecular flexibility index (Phi) is 6.81. The summed E-state index contributed by atoms with van der Waals surface area (Å²) in [5, 5.41) is 0.0709. The number of aromatic nitrogens is 1. The standard InChI is InChI=1S/C22H23ClN2O5S/c1-12(2)30-20(26)11-24-21(27)19(31-22(24)28)9-15-8-13(3)25(14(15)4)17-10-16(23)6-7-18(17)29-5/h6-10,12H,11H2,1-5H3/b19-9+. The van der Waals surface area contributed by atoms with E-state index < -0.39 is 23.7 Å². The van der Waals surface area contributed by atoms with Crippen molar-refractivity contribution in [3.8, 4) is 11.4 Å². The van der Waals surface area contributed by atoms with Crippen molar-refractivity contribution < 1.29 is 23.9 Å². The average Bonchev–Trinajstić information content (AvgIpc) is 3.11. The van der Waals surface area contributed by atoms with Gasteiger partial charge in [0, 0.05) is 16.4 Å². The summed E-state index contributed by atoms with van der Waals surface area (Å²) in [5.74, 6) is -0.479. The number of ether oxygens (including phenoxy) is 2. The predicted octanol–water partition coefficient (Wildman–Crippen LogP) is 4.74. The zero-order valence-electron chi connectivity index (χ0n) is 17.9. The molecule has 0 unspecified atom stereocenters. The number of carbonyl (C=O) groups is 3. The molecule has 0 atom stereocenters. The number of halogens is 1. The fraction of sp³-hybridized carbons (Fsp3) is 0.318. The molecular weight excluding hydrogens is 440 g/mol. The lowest BCUT2D eigenvalue weighted by molar-refractivity contribution is -0.149. The highest BCUT2D eigenvalue weighted by atomic mass is 35.5. The first-order chi connectivity index (χ1) is 14.6. The number of nitrogens with zero attached hydrogens (tertiary/aromatic N) is 2. The zero-order chi connectivity index (χ0) is 22.9. The van der Waals surface area contributed by atoms with Gasteiger partial charge in [-0.15, -0.1) is 0 Å². The molecule has 1 aromatic heterocycles. The van der Waals surface area contributed by atoms with Crippen LogP contribution >= 0.6 is 23.4 Å². The van der Waals surface area contributed by atoms with Gasteiger partial charge in [-0.25, -0.2) is 0 Å². The van der Waals surface area contributed by atoms with Gasteiger partial charge in [-0.3, -0.25) is 19.3 Å². The first-order valence-corrected chi connectivity index (χ1v) is 10.8. The van der Waals surface area contributed by atoms with E-state index in [0.29, 0.717) is 10.8 Å². The molecule has 7 nitrogen and oxygen atoms in total. The average molecular weight is 463 g/mol. The lowest BCUT2D eigenvalue weighted by Gasteiger charge is -2.14. The number of hydrogen-bond donors (Lipinski definition) is 0. The van der Waals surface area contributed by atoms with E-state index in [0.717, 1.165) is 39.3 Å². The van der Waals surface area contributed by atoms with E-state index in [-0.39, 0.29) is 11.0 Å². The van der Waals surface area contributed by atoms with Crippen molar-refractivity contribution >= 4 is 46.6 Å². The van der Waals surface area contributed by atoms with Gasteiger partial charge in [-0.2, -0.15) is 0 Å². The number of carbonyl (C=O) groups excluding carboxylic acids is 3. The van der Waals surface area contributed by atoms with Gasteiger partial charge in [0.2, 0.25) is 0 Å². The van der Waals surface area contributed by atoms with Crippen LogP contribution in [0, 0.1) is 13.8 Å². The summed E-state index contributed by atoms with van der Waals surface area (Å²) < 4.78 is 12.5. The Morgan fingerprint density at radius 1 is 1.23 bits per heavy atom. The van der Waals surface area contributed by atoms with Crippen molar-refractivity contribution in [1.29, 1.82) is 0 Å². The minimum absolute atomic E-state index is 0.251. The van der Waals surface area contributed by atoms with E-state index in [1.165, 1.54) is 0 Å². The van der Waals surface area contributed by atoms with E-state index in [4.69, 9.17) is 21.1 Å². The van der Waals surface area contributed by atoms with Crippen molar-refractivity contribution in [3.05, 3.63) is 51.1 Å². The van der Waals surface area contributed by atoms with Crippen molar-refractivity contribution in [2.75, 3.05) is 13.7 Å². The summed E-state index contributed by atoms with van der Waals surface area (Å²) in [6.07, 6.45) is 1.34. The number of thioether (sulfide) groups is 1. The van der Waals surface area contributed by atoms with Crippen molar-refractivity contribution in [2.24, 2.45) is 0 Å². The molecule has 0 aliphatic carbocycles. The summed E-state index contributed by atoms with van der Waals surface area (Å²) in [5.41, 5.74) is 3.30. The molecule has 1 aromatic carbocycles. The molecule has 0 bridgehead atoms. The van der Waals surface area contributed by atoms with Crippen LogP contribution in [0.2, 0.25) is 5.02 Å². The molecule has 2 aromatic rings. The van der Waals surface area contributed by atoms with E-state index in [1.807, 2.05) is 24.5 Å². The third-order valence-corrected chi connectivity index (χ3v) is 5.81. The van der Waals surface area contributed by atoms with Gasteiger partial charge < -0.3 is 14.0 Å². The third kappa shape index (κ3) is 4.80. The molecule has 1 aliphatic heterocycles. The highest BCUT2D eigenvalue weighted by Crippen LogP contribution is 2.35. The maximum atomic E-state index is 12.7. The molecule has 31 heavy (non-hydrogen) atoms. The molecular formula is C22H23ClN2O5S. The molecule has 2 amide bonds. The molecule has 9 heteroatoms. The van der Waals surface area contributed by atoms with Gasteiger partial charge >= 0.3 is 5.97 Å². The molecule has 0 radical (unpaired) electrons. The van der Waals surface area contributed by atoms with Crippen molar-refractivity contribution in [1.82, 2.24) is 9.47 Å². The van der Waals surface area contributed by atoms with Gasteiger partial charge in [-0.05, 0) is 75.4 Å². The highest BCUT2D eigenvalue weighted by Gasteiger charge is 2.37. The molecule has 2 heterocycles. The van der Waals surface area contributed by atoms with Crippen LogP contribution in [0.15, 0.2) is 29.2 Å². The molecule has 164 valence electrons. The Morgan fingerprint density at radius 3 is 2.58 bits per heavy atom. The van der Waals surface area contributed by atoms with Gasteiger partial charge in [0.25, 0.3) is 11.1 Å². The van der Waals surface area contributed by atoms with Crippen LogP contribution in [0.5, 0.6) is 5.75 Å². The zero-order valence-corrected chi connectivity index (χ0v) is 19.5. The monoisotopic (exact) mass is 462 g/mol. The normalized spacial score (nSPS) is 15.3. The Balaban J connectivity index is 1.93. The number of methoxy groups -OCH3 is 1. The SMILES string of the molecule is COc1ccc(Cl)cc1-n1c(C)cc(/C=C2/SC(=O)N(CC(=O)OC(C)C)C2=O)c1C. The maximum Gasteiger partial charge on any atom is 0.326 e. The Labute approximate surface area is 189 Å². The highest BCUT2D eigenvalue weighted by molar-refractivity contribution is 8.18. The first kappa shape index (κ1) is 23.0. The van der Waals surface area contributed by atoms with Crippen LogP contribution < -0.4 is 4.74 Å². The Bertz CT molecular complexity index is 1090. The number of aryl methyl sites for hydroxylation is 1. The molecule has 0 saturated carbocycles. The summed E-state index contributed by atoms with van der Waals surface area (Å²) in [6.45, 7) is 6.84. The number of rotatable bonds is 6. The van der Waals surface area contributed by atoms with Crippen LogP contribution in [0.1, 0.15) is 30.8 Å². The second-order valence-electron chi connectivity index (χ2n) is 7.28. The van der Waals surface area contributed by atoms with E-state index in [2.05, 4.69) is 0 Å². The van der Waals surface area contributed by atoms with Gasteiger partial charge in [-0.1, -0.05) is 11.6 Å². The largest absolute Gasteiger partial charge is 0.495 e. The number of benzene rings is 1. The summed E-state index contributed by atoms with van der Waals surface area (Å²) in [6, 6.07) is 7.26. The summed E-state index contributed by atoms with van der Waals surface area (Å²) in [4.78, 5) is 38.1. The van der Waals surface area contributed by atoms with Gasteiger partial charge in [0.05, 0.1) is 23.8 Å². The second-order valence-corrected chi connectivity index (χ2v) is 8.71. The van der Waals surface area contributed by atoms with E-state index >= 15 is 0 Å². The number of imide groups is 1. The van der Waals surface area contributed by atoms with E-state index in [9.17, 15) is 14.4 Å². The number of hydrogen-bond acceptors (Lipinski definition) is 6. The number of esters is 1. The Hall–Kier alpha value is -2.71. The smallest absolute Gasteiger partial charge is 0.326 e. The van der Waals surface area contributed by atoms with E-state index in [1.54, 1.807) is 45.2 Å². The van der Waals surface area contributed by atoms with Crippen LogP contribution in [0.4, 0.5) is 4.79 Å². The Morgan fingerprint density at radius 2 is 1.94 bits per heavy atom. The summed E-state index contributed by atoms with van der Waals surface area (Å²) in [7, 11) is 1.59. The topological polar surface area (TPSA) is 77.8 Å². The van der Waals surface area contributed by atoms with Crippen LogP contribution in [0.3, 0.4) is 0 Å². The van der Waals surface area contributed by atoms with Crippen molar-refractivity contribution in [2.45, 2.75) is 33.8 Å². The molecule has 3 rings (SSSR count). The second kappa shape index (κ2) is 9.20. The molecule has 0 spiro atoms. The summed E-state index contributed by atoms with van der Waals surface area (Å²) >= 11 is 6.99. The van der Waals surface area contributed by atoms with Crippen LogP contribution in [-0.2, 0) is 14.3 Å². The van der Waals surface area contributed by atoms with Crippen molar-refractivity contribution in [3.63, 3.8) is 0 Å². The van der Waals surface area contributed by atoms with Crippen LogP contribution in [0.25, 0.3) is 11.8 Å². The minimum Gasteiger partial charge on any atom is -0.495 e. The number of amides is 2. The molecule has 1 aliphatic rings. The first-order valence-electron chi connectivity index (χ1n) is 9.60. The molecule has 1 saturated heterocycles. The fourth-order valence-electron chi connectivity index (χ4n) is 3.35. The van der Waals surface area contributed by atoms with Gasteiger partial charge in [0.1, 0.15) is 12.3 Å². The lowest BCUT2D eigenvalue weighted by Crippen LogP contribution is -2.35. The van der Waals surface area contributed by atoms with Crippen LogP contribution in [-0.4, -0.2) is 46.3 Å². The lowest BCUT2D eigenvalue weighted by atomic mass is 10.2. The minimum atomic E-state index is -0.621. The fourth-order valence-corrected chi connectivity index (χ4v) is 4.34. The van der Waals surface area contributed by atoms with Gasteiger partial charge in [0.15, 0.2) is 0 Å². The molecule has 0 N–H and O–H groups in total. The predicted molar refractivity (Wildman–Crippen MR) is 121 cm³/mol. The third-order valence-electron chi connectivity index (χ3n) is 4.67. The maximum absolute atomic E-state index is 12.7. The molecule has 1 fully saturated rings.